The van der Waals surface area contributed by atoms with Gasteiger partial charge in [-0.15, -0.1) is 0 Å². The number of benzene rings is 1. The number of carbonyl (C=O) groups excluding carboxylic acids is 1. The van der Waals surface area contributed by atoms with Gasteiger partial charge in [-0.05, 0) is 6.07 Å². The van der Waals surface area contributed by atoms with Gasteiger partial charge in [0.15, 0.2) is 17.3 Å². The van der Waals surface area contributed by atoms with Crippen LogP contribution in [0.4, 0.5) is 0 Å². The number of ether oxygens (including phenoxy) is 2. The molecule has 7 heteroatoms. The number of rotatable bonds is 8. The van der Waals surface area contributed by atoms with Crippen molar-refractivity contribution in [3.63, 3.8) is 0 Å². The number of nitrogens with zero attached hydrogens (tertiary/aromatic N) is 2. The maximum absolute atomic E-state index is 12.0. The van der Waals surface area contributed by atoms with E-state index in [-0.39, 0.29) is 18.2 Å². The molecule has 0 fully saturated rings. The number of para-hydroxylation sites is 1. The summed E-state index contributed by atoms with van der Waals surface area (Å²) in [6, 6.07) is 5.55. The van der Waals surface area contributed by atoms with Crippen LogP contribution in [0.15, 0.2) is 22.7 Å². The third kappa shape index (κ3) is 4.47. The SMILES string of the molecule is COc1cccc(CNC(=O)CCc2nc(C(C)C)no2)c1OC. The molecule has 1 N–H and O–H groups in total. The van der Waals surface area contributed by atoms with Crippen molar-refractivity contribution >= 4 is 5.91 Å². The van der Waals surface area contributed by atoms with Gasteiger partial charge in [0.25, 0.3) is 0 Å². The molecule has 0 spiro atoms. The van der Waals surface area contributed by atoms with Gasteiger partial charge in [-0.1, -0.05) is 31.1 Å². The number of carbonyl (C=O) groups is 1. The van der Waals surface area contributed by atoms with E-state index in [1.165, 1.54) is 0 Å². The fourth-order valence-corrected chi connectivity index (χ4v) is 2.20. The average molecular weight is 333 g/mol. The molecular formula is C17H23N3O4. The predicted octanol–water partition coefficient (Wildman–Crippen LogP) is 2.46. The monoisotopic (exact) mass is 333 g/mol. The summed E-state index contributed by atoms with van der Waals surface area (Å²) in [5.74, 6) is 2.51. The molecule has 0 aliphatic carbocycles. The van der Waals surface area contributed by atoms with Gasteiger partial charge < -0.3 is 19.3 Å². The largest absolute Gasteiger partial charge is 0.493 e. The van der Waals surface area contributed by atoms with Crippen LogP contribution in [0.1, 0.15) is 43.5 Å². The Kier molecular flexibility index (Phi) is 6.17. The van der Waals surface area contributed by atoms with Gasteiger partial charge in [-0.3, -0.25) is 4.79 Å². The lowest BCUT2D eigenvalue weighted by Gasteiger charge is -2.13. The molecular weight excluding hydrogens is 310 g/mol. The maximum Gasteiger partial charge on any atom is 0.227 e. The number of amides is 1. The molecule has 7 nitrogen and oxygen atoms in total. The third-order valence-electron chi connectivity index (χ3n) is 3.53. The summed E-state index contributed by atoms with van der Waals surface area (Å²) in [6.07, 6.45) is 0.701. The lowest BCUT2D eigenvalue weighted by Crippen LogP contribution is -2.23. The lowest BCUT2D eigenvalue weighted by molar-refractivity contribution is -0.121. The number of methoxy groups -OCH3 is 2. The highest BCUT2D eigenvalue weighted by molar-refractivity contribution is 5.76. The molecule has 0 radical (unpaired) electrons. The third-order valence-corrected chi connectivity index (χ3v) is 3.53. The molecule has 0 aliphatic rings. The number of hydrogen-bond donors (Lipinski definition) is 1. The van der Waals surface area contributed by atoms with E-state index >= 15 is 0 Å². The van der Waals surface area contributed by atoms with Crippen molar-refractivity contribution < 1.29 is 18.8 Å². The first-order valence-corrected chi connectivity index (χ1v) is 7.84. The normalized spacial score (nSPS) is 10.7. The average Bonchev–Trinajstić information content (AvgIpc) is 3.06. The molecule has 1 aromatic carbocycles. The van der Waals surface area contributed by atoms with Crippen LogP contribution >= 0.6 is 0 Å². The quantitative estimate of drug-likeness (QED) is 0.798. The van der Waals surface area contributed by atoms with Crippen LogP contribution in [0.5, 0.6) is 11.5 Å². The highest BCUT2D eigenvalue weighted by atomic mass is 16.5. The Labute approximate surface area is 141 Å². The number of hydrogen-bond acceptors (Lipinski definition) is 6. The summed E-state index contributed by atoms with van der Waals surface area (Å²) in [6.45, 7) is 4.34. The molecule has 0 saturated heterocycles. The van der Waals surface area contributed by atoms with Crippen LogP contribution in [-0.2, 0) is 17.8 Å². The minimum atomic E-state index is -0.0934. The van der Waals surface area contributed by atoms with Crippen LogP contribution < -0.4 is 14.8 Å². The topological polar surface area (TPSA) is 86.5 Å². The zero-order valence-corrected chi connectivity index (χ0v) is 14.5. The van der Waals surface area contributed by atoms with E-state index < -0.39 is 0 Å². The van der Waals surface area contributed by atoms with Gasteiger partial charge in [0.05, 0.1) is 14.2 Å². The first kappa shape index (κ1) is 17.8. The van der Waals surface area contributed by atoms with Crippen LogP contribution in [0.3, 0.4) is 0 Å². The minimum Gasteiger partial charge on any atom is -0.493 e. The second-order valence-electron chi connectivity index (χ2n) is 5.63. The van der Waals surface area contributed by atoms with Crippen molar-refractivity contribution in [2.75, 3.05) is 14.2 Å². The van der Waals surface area contributed by atoms with Gasteiger partial charge in [0, 0.05) is 30.9 Å². The van der Waals surface area contributed by atoms with E-state index in [0.29, 0.717) is 36.2 Å². The van der Waals surface area contributed by atoms with E-state index in [1.807, 2.05) is 32.0 Å². The van der Waals surface area contributed by atoms with Gasteiger partial charge >= 0.3 is 0 Å². The van der Waals surface area contributed by atoms with Crippen molar-refractivity contribution in [1.82, 2.24) is 15.5 Å². The summed E-state index contributed by atoms with van der Waals surface area (Å²) in [7, 11) is 3.15. The molecule has 1 aromatic heterocycles. The smallest absolute Gasteiger partial charge is 0.227 e. The molecule has 2 rings (SSSR count). The fraction of sp³-hybridized carbons (Fsp3) is 0.471. The maximum atomic E-state index is 12.0. The number of nitrogens with one attached hydrogen (secondary N) is 1. The summed E-state index contributed by atoms with van der Waals surface area (Å²) in [4.78, 5) is 16.3. The van der Waals surface area contributed by atoms with Crippen molar-refractivity contribution in [3.05, 3.63) is 35.5 Å². The van der Waals surface area contributed by atoms with Gasteiger partial charge in [-0.2, -0.15) is 4.98 Å². The molecule has 1 amide bonds. The lowest BCUT2D eigenvalue weighted by atomic mass is 10.1. The number of aryl methyl sites for hydroxylation is 1. The Bertz CT molecular complexity index is 682. The van der Waals surface area contributed by atoms with E-state index in [2.05, 4.69) is 15.5 Å². The van der Waals surface area contributed by atoms with E-state index in [1.54, 1.807) is 14.2 Å². The highest BCUT2D eigenvalue weighted by Gasteiger charge is 2.13. The second kappa shape index (κ2) is 8.33. The zero-order valence-electron chi connectivity index (χ0n) is 14.5. The molecule has 1 heterocycles. The molecule has 0 bridgehead atoms. The van der Waals surface area contributed by atoms with Gasteiger partial charge in [-0.25, -0.2) is 0 Å². The van der Waals surface area contributed by atoms with Crippen molar-refractivity contribution in [3.8, 4) is 11.5 Å². The van der Waals surface area contributed by atoms with E-state index in [0.717, 1.165) is 5.56 Å². The van der Waals surface area contributed by atoms with Gasteiger partial charge in [0.1, 0.15) is 0 Å². The van der Waals surface area contributed by atoms with Crippen LogP contribution in [0.25, 0.3) is 0 Å². The molecule has 0 atom stereocenters. The fourth-order valence-electron chi connectivity index (χ4n) is 2.20. The van der Waals surface area contributed by atoms with E-state index in [9.17, 15) is 4.79 Å². The Morgan fingerprint density at radius 3 is 2.71 bits per heavy atom. The summed E-state index contributed by atoms with van der Waals surface area (Å²) in [5.41, 5.74) is 0.852. The molecule has 0 saturated carbocycles. The van der Waals surface area contributed by atoms with Crippen molar-refractivity contribution in [2.24, 2.45) is 0 Å². The van der Waals surface area contributed by atoms with Crippen molar-refractivity contribution in [1.29, 1.82) is 0 Å². The Hall–Kier alpha value is -2.57. The van der Waals surface area contributed by atoms with E-state index in [4.69, 9.17) is 14.0 Å². The van der Waals surface area contributed by atoms with Gasteiger partial charge in [0.2, 0.25) is 11.8 Å². The van der Waals surface area contributed by atoms with Crippen LogP contribution in [-0.4, -0.2) is 30.3 Å². The second-order valence-corrected chi connectivity index (χ2v) is 5.63. The zero-order chi connectivity index (χ0) is 17.5. The molecule has 24 heavy (non-hydrogen) atoms. The van der Waals surface area contributed by atoms with Crippen LogP contribution in [0.2, 0.25) is 0 Å². The molecule has 2 aromatic rings. The Morgan fingerprint density at radius 2 is 2.08 bits per heavy atom. The molecule has 0 unspecified atom stereocenters. The van der Waals surface area contributed by atoms with Crippen molar-refractivity contribution in [2.45, 2.75) is 39.2 Å². The molecule has 130 valence electrons. The summed E-state index contributed by atoms with van der Waals surface area (Å²) < 4.78 is 15.7. The standard InChI is InChI=1S/C17H23N3O4/c1-11(2)17-19-15(24-20-17)9-8-14(21)18-10-12-6-5-7-13(22-3)16(12)23-4/h5-7,11H,8-10H2,1-4H3,(H,18,21). The first-order valence-electron chi connectivity index (χ1n) is 7.84. The number of aromatic nitrogens is 2. The summed E-state index contributed by atoms with van der Waals surface area (Å²) >= 11 is 0. The minimum absolute atomic E-state index is 0.0934. The Balaban J connectivity index is 1.87. The predicted molar refractivity (Wildman–Crippen MR) is 88.1 cm³/mol. The first-order chi connectivity index (χ1) is 11.5. The Morgan fingerprint density at radius 1 is 1.29 bits per heavy atom. The van der Waals surface area contributed by atoms with Crippen LogP contribution in [0, 0.1) is 0 Å². The highest BCUT2D eigenvalue weighted by Crippen LogP contribution is 2.30. The molecule has 0 aliphatic heterocycles. The summed E-state index contributed by atoms with van der Waals surface area (Å²) in [5, 5.41) is 6.74.